The van der Waals surface area contributed by atoms with Gasteiger partial charge < -0.3 is 26.1 Å². The number of hydrogen-bond acceptors (Lipinski definition) is 5. The van der Waals surface area contributed by atoms with Gasteiger partial charge >= 0.3 is 0 Å². The summed E-state index contributed by atoms with van der Waals surface area (Å²) in [6.07, 6.45) is 4.95. The molecule has 113 valence electrons. The zero-order chi connectivity index (χ0) is 14.8. The summed E-state index contributed by atoms with van der Waals surface area (Å²) in [6.45, 7) is 6.83. The molecule has 20 heavy (non-hydrogen) atoms. The number of nitrogens with two attached hydrogens (primary N) is 1. The Morgan fingerprint density at radius 1 is 1.60 bits per heavy atom. The van der Waals surface area contributed by atoms with Gasteiger partial charge in [-0.2, -0.15) is 11.8 Å². The fourth-order valence-electron chi connectivity index (χ4n) is 1.90. The van der Waals surface area contributed by atoms with Gasteiger partial charge in [0, 0.05) is 45.8 Å². The zero-order valence-corrected chi connectivity index (χ0v) is 15.6. The Kier molecular flexibility index (Phi) is 13.7. The number of amides is 1. The van der Waals surface area contributed by atoms with E-state index in [1.165, 1.54) is 0 Å². The number of morpholine rings is 1. The second-order valence-corrected chi connectivity index (χ2v) is 4.50. The molecule has 0 bridgehead atoms. The van der Waals surface area contributed by atoms with E-state index >= 15 is 0 Å². The fourth-order valence-corrected chi connectivity index (χ4v) is 1.90. The maximum atomic E-state index is 10.6. The Hall–Kier alpha value is -0.296. The fraction of sp³-hybridized carbons (Fsp3) is 0.692. The first-order chi connectivity index (χ1) is 8.99. The van der Waals surface area contributed by atoms with Crippen LogP contribution in [0.25, 0.3) is 0 Å². The molecule has 0 spiro atoms. The average molecular weight is 358 g/mol. The monoisotopic (exact) mass is 358 g/mol. The number of hydrogen-bond donors (Lipinski definition) is 3. The van der Waals surface area contributed by atoms with Gasteiger partial charge in [0.1, 0.15) is 0 Å². The van der Waals surface area contributed by atoms with Crippen molar-refractivity contribution in [2.45, 2.75) is 39.0 Å². The van der Waals surface area contributed by atoms with Gasteiger partial charge in [-0.05, 0) is 20.9 Å². The Morgan fingerprint density at radius 3 is 2.55 bits per heavy atom. The largest absolute Gasteiger partial charge is 0.470 e. The van der Waals surface area contributed by atoms with Crippen LogP contribution in [0.4, 0.5) is 0 Å². The van der Waals surface area contributed by atoms with E-state index in [1.807, 2.05) is 20.8 Å². The predicted molar refractivity (Wildman–Crippen MR) is 76.2 cm³/mol. The number of nitrogens with zero attached hydrogens (tertiary/aromatic N) is 1. The molecule has 0 aromatic carbocycles. The maximum Gasteiger partial charge on any atom is 0.210 e. The summed E-state index contributed by atoms with van der Waals surface area (Å²) in [5.41, 5.74) is 6.33. The minimum Gasteiger partial charge on any atom is -0.470 e. The quantitative estimate of drug-likeness (QED) is 0.381. The molecule has 4 N–H and O–H groups in total. The molecule has 1 aliphatic rings. The van der Waals surface area contributed by atoms with E-state index in [0.717, 1.165) is 12.0 Å². The molecule has 3 atom stereocenters. The van der Waals surface area contributed by atoms with Crippen molar-refractivity contribution in [2.24, 2.45) is 5.73 Å². The summed E-state index contributed by atoms with van der Waals surface area (Å²) in [7, 11) is 1.79. The Labute approximate surface area is 146 Å². The number of nitrogens with one attached hydrogen (secondary N) is 2. The molecular weight excluding hydrogens is 333 g/mol. The van der Waals surface area contributed by atoms with E-state index in [9.17, 15) is 4.79 Å². The summed E-state index contributed by atoms with van der Waals surface area (Å²) in [5.74, 6) is 0. The standard InChI is InChI=1S/C8H16N2O2.C5H9N2.Y/c1-6-4-10(5-11)8(3-9)7(2)12-6;1-5(3-6)4-7-2;/h5-8H,3-4,9H2,1-2H3;4,6-7H,1-2H3;/q;-1;/b;5-4-;. The molecular formula is C13H25N4O2Y-. The number of carbonyl (C=O) groups is 1. The summed E-state index contributed by atoms with van der Waals surface area (Å²) in [6, 6.07) is 0.0405. The van der Waals surface area contributed by atoms with E-state index in [1.54, 1.807) is 18.1 Å². The molecule has 6 nitrogen and oxygen atoms in total. The van der Waals surface area contributed by atoms with Gasteiger partial charge in [0.25, 0.3) is 0 Å². The first kappa shape index (κ1) is 22.0. The van der Waals surface area contributed by atoms with Crippen molar-refractivity contribution >= 4 is 12.6 Å². The zero-order valence-electron chi connectivity index (χ0n) is 12.7. The first-order valence-electron chi connectivity index (χ1n) is 6.33. The van der Waals surface area contributed by atoms with Crippen LogP contribution in [0.5, 0.6) is 0 Å². The van der Waals surface area contributed by atoms with Crippen molar-refractivity contribution in [2.75, 3.05) is 20.1 Å². The minimum atomic E-state index is 0. The number of carbonyl (C=O) groups excluding carboxylic acids is 1. The summed E-state index contributed by atoms with van der Waals surface area (Å²) < 4.78 is 5.54. The summed E-state index contributed by atoms with van der Waals surface area (Å²) in [4.78, 5) is 12.4. The smallest absolute Gasteiger partial charge is 0.210 e. The third-order valence-corrected chi connectivity index (χ3v) is 2.82. The topological polar surface area (TPSA) is 91.4 Å². The van der Waals surface area contributed by atoms with Gasteiger partial charge in [0.15, 0.2) is 0 Å². The molecule has 0 saturated carbocycles. The molecule has 1 amide bonds. The van der Waals surface area contributed by atoms with Gasteiger partial charge in [-0.25, -0.2) is 0 Å². The van der Waals surface area contributed by atoms with Crippen molar-refractivity contribution in [3.8, 4) is 0 Å². The molecule has 0 aromatic heterocycles. The Morgan fingerprint density at radius 2 is 2.20 bits per heavy atom. The van der Waals surface area contributed by atoms with Gasteiger partial charge in [0.2, 0.25) is 6.41 Å². The van der Waals surface area contributed by atoms with Crippen LogP contribution in [0, 0.1) is 5.41 Å². The maximum absolute atomic E-state index is 10.6. The van der Waals surface area contributed by atoms with E-state index in [2.05, 4.69) is 11.5 Å². The summed E-state index contributed by atoms with van der Waals surface area (Å²) in [5, 5.41) is 9.33. The van der Waals surface area contributed by atoms with Crippen LogP contribution in [0.15, 0.2) is 11.8 Å². The molecule has 1 aliphatic heterocycles. The third kappa shape index (κ3) is 8.09. The molecule has 3 unspecified atom stereocenters. The van der Waals surface area contributed by atoms with Crippen molar-refractivity contribution in [1.82, 2.24) is 10.2 Å². The van der Waals surface area contributed by atoms with Crippen molar-refractivity contribution in [3.63, 3.8) is 0 Å². The van der Waals surface area contributed by atoms with Gasteiger partial charge in [0.05, 0.1) is 18.2 Å². The van der Waals surface area contributed by atoms with Crippen LogP contribution < -0.4 is 11.1 Å². The number of allylic oxidation sites excluding steroid dienone is 1. The molecule has 1 radical (unpaired) electrons. The van der Waals surface area contributed by atoms with Gasteiger partial charge in [-0.3, -0.25) is 4.79 Å². The van der Waals surface area contributed by atoms with E-state index < -0.39 is 0 Å². The van der Waals surface area contributed by atoms with Gasteiger partial charge in [-0.15, -0.1) is 6.20 Å². The van der Waals surface area contributed by atoms with Crippen LogP contribution in [0.1, 0.15) is 20.8 Å². The Bertz CT molecular complexity index is 313. The summed E-state index contributed by atoms with van der Waals surface area (Å²) >= 11 is 0. The second-order valence-electron chi connectivity index (χ2n) is 4.50. The van der Waals surface area contributed by atoms with E-state index in [0.29, 0.717) is 13.1 Å². The van der Waals surface area contributed by atoms with Crippen LogP contribution in [-0.4, -0.2) is 55.9 Å². The molecule has 1 heterocycles. The molecule has 1 rings (SSSR count). The SMILES string of the molecule is CC1CN(C=O)C(CN)C(C)O1.CN/C=C(/C)[C-]=N.[Y]. The van der Waals surface area contributed by atoms with Crippen LogP contribution in [0.3, 0.4) is 0 Å². The van der Waals surface area contributed by atoms with E-state index in [4.69, 9.17) is 15.9 Å². The van der Waals surface area contributed by atoms with Crippen LogP contribution in [-0.2, 0) is 42.2 Å². The van der Waals surface area contributed by atoms with Crippen molar-refractivity contribution < 1.29 is 42.2 Å². The van der Waals surface area contributed by atoms with Gasteiger partial charge in [-0.1, -0.05) is 6.92 Å². The van der Waals surface area contributed by atoms with E-state index in [-0.39, 0.29) is 51.0 Å². The second kappa shape index (κ2) is 12.4. The molecule has 7 heteroatoms. The van der Waals surface area contributed by atoms with Crippen molar-refractivity contribution in [3.05, 3.63) is 11.8 Å². The van der Waals surface area contributed by atoms with Crippen molar-refractivity contribution in [1.29, 1.82) is 5.41 Å². The van der Waals surface area contributed by atoms with Crippen LogP contribution >= 0.6 is 0 Å². The molecule has 0 aromatic rings. The number of rotatable bonds is 4. The Balaban J connectivity index is 0. The number of ether oxygens (including phenoxy) is 1. The molecule has 1 fully saturated rings. The minimum absolute atomic E-state index is 0. The predicted octanol–water partition coefficient (Wildman–Crippen LogP) is 0.213. The molecule has 0 aliphatic carbocycles. The molecule has 1 saturated heterocycles. The van der Waals surface area contributed by atoms with Crippen LogP contribution in [0.2, 0.25) is 0 Å². The third-order valence-electron chi connectivity index (χ3n) is 2.82. The average Bonchev–Trinajstić information content (AvgIpc) is 2.38. The first-order valence-corrected chi connectivity index (χ1v) is 6.33. The normalized spacial score (nSPS) is 25.8.